The molecule has 1 amide bonds. The van der Waals surface area contributed by atoms with Crippen molar-refractivity contribution in [2.75, 3.05) is 11.9 Å². The van der Waals surface area contributed by atoms with Crippen molar-refractivity contribution in [3.63, 3.8) is 0 Å². The Hall–Kier alpha value is -3.14. The van der Waals surface area contributed by atoms with E-state index in [2.05, 4.69) is 25.8 Å². The fourth-order valence-electron chi connectivity index (χ4n) is 1.89. The van der Waals surface area contributed by atoms with Gasteiger partial charge >= 0.3 is 5.97 Å². The molecule has 0 bridgehead atoms. The number of hydrogen-bond acceptors (Lipinski definition) is 8. The number of anilines is 1. The van der Waals surface area contributed by atoms with E-state index in [1.807, 2.05) is 12.3 Å². The zero-order valence-corrected chi connectivity index (χ0v) is 13.4. The molecule has 0 saturated carbocycles. The van der Waals surface area contributed by atoms with Crippen molar-refractivity contribution in [3.8, 4) is 5.69 Å². The summed E-state index contributed by atoms with van der Waals surface area (Å²) in [5.74, 6) is -1.11. The molecule has 122 valence electrons. The number of nitrogens with one attached hydrogen (secondary N) is 1. The van der Waals surface area contributed by atoms with E-state index in [0.29, 0.717) is 10.8 Å². The molecule has 2 aromatic heterocycles. The van der Waals surface area contributed by atoms with Gasteiger partial charge in [-0.1, -0.05) is 12.1 Å². The standard InChI is InChI=1S/C14H12N6O3S/c1-9-7-24-14(16-9)17-12(21)6-23-13(22)10-4-2-3-5-11(10)20-8-15-18-19-20/h2-5,7-8H,6H2,1H3,(H,16,17,21). The zero-order valence-electron chi connectivity index (χ0n) is 12.5. The average molecular weight is 344 g/mol. The normalized spacial score (nSPS) is 10.4. The first-order valence-electron chi connectivity index (χ1n) is 6.85. The number of aromatic nitrogens is 5. The second-order valence-electron chi connectivity index (χ2n) is 4.69. The quantitative estimate of drug-likeness (QED) is 0.693. The lowest BCUT2D eigenvalue weighted by Gasteiger charge is -2.08. The number of carbonyl (C=O) groups is 2. The highest BCUT2D eigenvalue weighted by Gasteiger charge is 2.16. The first-order chi connectivity index (χ1) is 11.6. The van der Waals surface area contributed by atoms with Gasteiger partial charge in [0.2, 0.25) is 0 Å². The van der Waals surface area contributed by atoms with Gasteiger partial charge in [0.05, 0.1) is 16.9 Å². The Morgan fingerprint density at radius 1 is 1.33 bits per heavy atom. The van der Waals surface area contributed by atoms with Crippen molar-refractivity contribution in [3.05, 3.63) is 47.2 Å². The van der Waals surface area contributed by atoms with Gasteiger partial charge in [-0.05, 0) is 29.5 Å². The molecule has 0 radical (unpaired) electrons. The molecule has 3 aromatic rings. The van der Waals surface area contributed by atoms with Crippen LogP contribution in [0.1, 0.15) is 16.1 Å². The molecule has 1 aromatic carbocycles. The summed E-state index contributed by atoms with van der Waals surface area (Å²) in [6, 6.07) is 6.67. The van der Waals surface area contributed by atoms with Crippen molar-refractivity contribution in [1.29, 1.82) is 0 Å². The lowest BCUT2D eigenvalue weighted by molar-refractivity contribution is -0.119. The van der Waals surface area contributed by atoms with E-state index in [9.17, 15) is 9.59 Å². The highest BCUT2D eigenvalue weighted by Crippen LogP contribution is 2.15. The van der Waals surface area contributed by atoms with E-state index in [1.54, 1.807) is 24.3 Å². The second kappa shape index (κ2) is 6.96. The fourth-order valence-corrected chi connectivity index (χ4v) is 2.60. The second-order valence-corrected chi connectivity index (χ2v) is 5.55. The van der Waals surface area contributed by atoms with Crippen molar-refractivity contribution < 1.29 is 14.3 Å². The Morgan fingerprint density at radius 3 is 2.88 bits per heavy atom. The third kappa shape index (κ3) is 3.60. The molecule has 1 N–H and O–H groups in total. The number of para-hydroxylation sites is 1. The van der Waals surface area contributed by atoms with Gasteiger partial charge < -0.3 is 4.74 Å². The van der Waals surface area contributed by atoms with E-state index in [-0.39, 0.29) is 5.56 Å². The number of ether oxygens (including phenoxy) is 1. The van der Waals surface area contributed by atoms with Crippen molar-refractivity contribution >= 4 is 28.3 Å². The minimum absolute atomic E-state index is 0.252. The van der Waals surface area contributed by atoms with Crippen LogP contribution in [-0.4, -0.2) is 43.7 Å². The predicted octanol–water partition coefficient (Wildman–Crippen LogP) is 1.22. The highest BCUT2D eigenvalue weighted by molar-refractivity contribution is 7.13. The largest absolute Gasteiger partial charge is 0.452 e. The van der Waals surface area contributed by atoms with Gasteiger partial charge in [-0.3, -0.25) is 10.1 Å². The summed E-state index contributed by atoms with van der Waals surface area (Å²) in [6.07, 6.45) is 1.36. The summed E-state index contributed by atoms with van der Waals surface area (Å²) in [4.78, 5) is 28.1. The maximum absolute atomic E-state index is 12.2. The summed E-state index contributed by atoms with van der Waals surface area (Å²) in [7, 11) is 0. The minimum Gasteiger partial charge on any atom is -0.452 e. The highest BCUT2D eigenvalue weighted by atomic mass is 32.1. The van der Waals surface area contributed by atoms with Crippen LogP contribution in [0, 0.1) is 6.92 Å². The van der Waals surface area contributed by atoms with Gasteiger partial charge in [0.1, 0.15) is 6.33 Å². The molecule has 0 fully saturated rings. The SMILES string of the molecule is Cc1csc(NC(=O)COC(=O)c2ccccc2-n2cnnn2)n1. The fraction of sp³-hybridized carbons (Fsp3) is 0.143. The zero-order chi connectivity index (χ0) is 16.9. The van der Waals surface area contributed by atoms with Gasteiger partial charge in [0, 0.05) is 5.38 Å². The molecule has 0 aliphatic carbocycles. The van der Waals surface area contributed by atoms with Crippen LogP contribution in [-0.2, 0) is 9.53 Å². The number of amides is 1. The molecular formula is C14H12N6O3S. The molecule has 3 rings (SSSR count). The number of benzene rings is 1. The van der Waals surface area contributed by atoms with Crippen molar-refractivity contribution in [2.24, 2.45) is 0 Å². The summed E-state index contributed by atoms with van der Waals surface area (Å²) < 4.78 is 6.39. The number of hydrogen-bond donors (Lipinski definition) is 1. The van der Waals surface area contributed by atoms with Crippen molar-refractivity contribution in [2.45, 2.75) is 6.92 Å². The number of tetrazole rings is 1. The topological polar surface area (TPSA) is 112 Å². The molecule has 0 atom stereocenters. The Kier molecular flexibility index (Phi) is 4.57. The van der Waals surface area contributed by atoms with Crippen molar-refractivity contribution in [1.82, 2.24) is 25.2 Å². The summed E-state index contributed by atoms with van der Waals surface area (Å²) in [5, 5.41) is 15.6. The first-order valence-corrected chi connectivity index (χ1v) is 7.73. The molecule has 0 spiro atoms. The van der Waals surface area contributed by atoms with E-state index < -0.39 is 18.5 Å². The van der Waals surface area contributed by atoms with Crippen LogP contribution in [0.2, 0.25) is 0 Å². The number of rotatable bonds is 5. The van der Waals surface area contributed by atoms with Crippen LogP contribution < -0.4 is 5.32 Å². The smallest absolute Gasteiger partial charge is 0.340 e. The van der Waals surface area contributed by atoms with Crippen LogP contribution in [0.25, 0.3) is 5.69 Å². The molecule has 0 saturated heterocycles. The molecular weight excluding hydrogens is 332 g/mol. The molecule has 24 heavy (non-hydrogen) atoms. The summed E-state index contributed by atoms with van der Waals surface area (Å²) in [6.45, 7) is 1.41. The lowest BCUT2D eigenvalue weighted by Crippen LogP contribution is -2.21. The molecule has 0 aliphatic heterocycles. The number of carbonyl (C=O) groups excluding carboxylic acids is 2. The molecule has 0 aliphatic rings. The average Bonchev–Trinajstić information content (AvgIpc) is 3.24. The van der Waals surface area contributed by atoms with Gasteiger partial charge in [0.25, 0.3) is 5.91 Å². The van der Waals surface area contributed by atoms with E-state index in [1.165, 1.54) is 22.3 Å². The summed E-state index contributed by atoms with van der Waals surface area (Å²) >= 11 is 1.30. The lowest BCUT2D eigenvalue weighted by atomic mass is 10.2. The van der Waals surface area contributed by atoms with Crippen LogP contribution in [0.15, 0.2) is 36.0 Å². The van der Waals surface area contributed by atoms with Crippen LogP contribution in [0.3, 0.4) is 0 Å². The third-order valence-electron chi connectivity index (χ3n) is 2.92. The molecule has 9 nitrogen and oxygen atoms in total. The van der Waals surface area contributed by atoms with E-state index in [0.717, 1.165) is 5.69 Å². The Labute approximate surface area is 140 Å². The Morgan fingerprint density at radius 2 is 2.17 bits per heavy atom. The monoisotopic (exact) mass is 344 g/mol. The maximum atomic E-state index is 12.2. The number of aryl methyl sites for hydroxylation is 1. The third-order valence-corrected chi connectivity index (χ3v) is 3.80. The summed E-state index contributed by atoms with van der Waals surface area (Å²) in [5.41, 5.74) is 1.52. The number of thiazole rings is 1. The van der Waals surface area contributed by atoms with E-state index >= 15 is 0 Å². The van der Waals surface area contributed by atoms with Gasteiger partial charge in [-0.15, -0.1) is 16.4 Å². The Bertz CT molecular complexity index is 861. The first kappa shape index (κ1) is 15.7. The van der Waals surface area contributed by atoms with Crippen LogP contribution >= 0.6 is 11.3 Å². The van der Waals surface area contributed by atoms with E-state index in [4.69, 9.17) is 4.74 Å². The van der Waals surface area contributed by atoms with Crippen LogP contribution in [0.4, 0.5) is 5.13 Å². The minimum atomic E-state index is -0.647. The van der Waals surface area contributed by atoms with Crippen LogP contribution in [0.5, 0.6) is 0 Å². The molecule has 10 heteroatoms. The van der Waals surface area contributed by atoms with Gasteiger partial charge in [-0.25, -0.2) is 9.78 Å². The molecule has 2 heterocycles. The maximum Gasteiger partial charge on any atom is 0.340 e. The number of nitrogens with zero attached hydrogens (tertiary/aromatic N) is 5. The predicted molar refractivity (Wildman–Crippen MR) is 84.9 cm³/mol. The Balaban J connectivity index is 1.64. The van der Waals surface area contributed by atoms with Gasteiger partial charge in [0.15, 0.2) is 11.7 Å². The number of esters is 1. The van der Waals surface area contributed by atoms with Gasteiger partial charge in [-0.2, -0.15) is 4.68 Å². The molecule has 0 unspecified atom stereocenters.